The lowest BCUT2D eigenvalue weighted by Crippen LogP contribution is -2.48. The molecule has 0 fully saturated rings. The lowest BCUT2D eigenvalue weighted by molar-refractivity contribution is 0.0825. The Morgan fingerprint density at radius 1 is 1.00 bits per heavy atom. The number of nitrogens with one attached hydrogen (secondary N) is 3. The molecule has 210 valence electrons. The molecule has 40 heavy (non-hydrogen) atoms. The van der Waals surface area contributed by atoms with Crippen LogP contribution in [-0.2, 0) is 23.0 Å². The van der Waals surface area contributed by atoms with Crippen LogP contribution in [-0.4, -0.2) is 43.1 Å². The fourth-order valence-corrected chi connectivity index (χ4v) is 5.42. The number of aliphatic hydroxyl groups excluding tert-OH is 1. The third kappa shape index (κ3) is 8.30. The molecule has 4 rings (SSSR count). The summed E-state index contributed by atoms with van der Waals surface area (Å²) >= 11 is 2.19. The number of carbonyl (C=O) groups is 1. The number of aromatic nitrogens is 1. The predicted octanol–water partition coefficient (Wildman–Crippen LogP) is 3.85. The number of nitrogens with zero attached hydrogens (tertiary/aromatic N) is 1. The summed E-state index contributed by atoms with van der Waals surface area (Å²) in [5.74, 6) is -2.37. The number of amides is 1. The first kappa shape index (κ1) is 29.6. The number of rotatable bonds is 12. The van der Waals surface area contributed by atoms with Crippen molar-refractivity contribution in [2.75, 3.05) is 11.3 Å². The molecule has 0 saturated heterocycles. The molecule has 0 bridgehead atoms. The first-order chi connectivity index (χ1) is 19.1. The van der Waals surface area contributed by atoms with Gasteiger partial charge in [-0.15, -0.1) is 0 Å². The van der Waals surface area contributed by atoms with Crippen LogP contribution in [0.4, 0.5) is 14.8 Å². The molecule has 0 spiro atoms. The van der Waals surface area contributed by atoms with E-state index in [1.165, 1.54) is 12.1 Å². The van der Waals surface area contributed by atoms with Crippen LogP contribution in [0.5, 0.6) is 0 Å². The Balaban J connectivity index is 1.45. The molecule has 1 amide bonds. The van der Waals surface area contributed by atoms with Crippen molar-refractivity contribution in [3.63, 3.8) is 0 Å². The van der Waals surface area contributed by atoms with Gasteiger partial charge in [0.25, 0.3) is 15.9 Å². The van der Waals surface area contributed by atoms with Crippen LogP contribution >= 0.6 is 22.6 Å². The molecule has 2 atom stereocenters. The molecule has 2 unspecified atom stereocenters. The number of benzene rings is 3. The minimum absolute atomic E-state index is 0.0255. The smallest absolute Gasteiger partial charge is 0.309 e. The summed E-state index contributed by atoms with van der Waals surface area (Å²) in [6.07, 6.45) is -0.308. The van der Waals surface area contributed by atoms with E-state index in [0.29, 0.717) is 6.54 Å². The molecule has 0 saturated carbocycles. The van der Waals surface area contributed by atoms with Crippen LogP contribution in [0.15, 0.2) is 88.4 Å². The number of hydrogen-bond donors (Lipinski definition) is 4. The number of carbonyl (C=O) groups excluding carboxylic acids is 1. The van der Waals surface area contributed by atoms with E-state index in [-0.39, 0.29) is 29.1 Å². The fraction of sp³-hybridized carbons (Fsp3) is 0.185. The first-order valence-electron chi connectivity index (χ1n) is 12.0. The van der Waals surface area contributed by atoms with Crippen LogP contribution in [0.1, 0.15) is 21.6 Å². The summed E-state index contributed by atoms with van der Waals surface area (Å²) in [5.41, 5.74) is 0.941. The van der Waals surface area contributed by atoms with Crippen molar-refractivity contribution in [2.24, 2.45) is 0 Å². The van der Waals surface area contributed by atoms with Gasteiger partial charge in [0.2, 0.25) is 0 Å². The van der Waals surface area contributed by atoms with Crippen molar-refractivity contribution < 1.29 is 31.5 Å². The molecular weight excluding hydrogens is 657 g/mol. The monoisotopic (exact) mass is 682 g/mol. The molecule has 13 heteroatoms. The van der Waals surface area contributed by atoms with Crippen molar-refractivity contribution in [1.82, 2.24) is 15.6 Å². The van der Waals surface area contributed by atoms with Crippen LogP contribution in [0.25, 0.3) is 0 Å². The van der Waals surface area contributed by atoms with Gasteiger partial charge in [0.05, 0.1) is 17.0 Å². The van der Waals surface area contributed by atoms with Gasteiger partial charge in [-0.2, -0.15) is 4.98 Å². The zero-order valence-corrected chi connectivity index (χ0v) is 23.8. The quantitative estimate of drug-likeness (QED) is 0.167. The fourth-order valence-electron chi connectivity index (χ4n) is 3.86. The molecule has 4 N–H and O–H groups in total. The second-order valence-electron chi connectivity index (χ2n) is 8.85. The molecule has 0 aliphatic rings. The molecule has 1 heterocycles. The Morgan fingerprint density at radius 3 is 2.42 bits per heavy atom. The highest BCUT2D eigenvalue weighted by Gasteiger charge is 2.25. The van der Waals surface area contributed by atoms with E-state index in [2.05, 4.69) is 42.9 Å². The second-order valence-corrected chi connectivity index (χ2v) is 11.8. The summed E-state index contributed by atoms with van der Waals surface area (Å²) in [6, 6.07) is 16.8. The Morgan fingerprint density at radius 2 is 1.73 bits per heavy atom. The lowest BCUT2D eigenvalue weighted by Gasteiger charge is -2.24. The van der Waals surface area contributed by atoms with E-state index in [9.17, 15) is 27.1 Å². The summed E-state index contributed by atoms with van der Waals surface area (Å²) in [7, 11) is -4.00. The van der Waals surface area contributed by atoms with Crippen LogP contribution in [0.3, 0.4) is 0 Å². The van der Waals surface area contributed by atoms with Gasteiger partial charge in [0.15, 0.2) is 5.69 Å². The molecule has 0 aliphatic carbocycles. The summed E-state index contributed by atoms with van der Waals surface area (Å²) in [6.45, 7) is 0.493. The number of hydrogen-bond acceptors (Lipinski definition) is 7. The highest BCUT2D eigenvalue weighted by molar-refractivity contribution is 14.1. The minimum Gasteiger partial charge on any atom is -0.431 e. The predicted molar refractivity (Wildman–Crippen MR) is 152 cm³/mol. The van der Waals surface area contributed by atoms with Gasteiger partial charge >= 0.3 is 6.01 Å². The number of oxazole rings is 1. The van der Waals surface area contributed by atoms with Gasteiger partial charge in [0.1, 0.15) is 17.9 Å². The van der Waals surface area contributed by atoms with E-state index in [4.69, 9.17) is 4.42 Å². The summed E-state index contributed by atoms with van der Waals surface area (Å²) in [4.78, 5) is 16.8. The molecule has 0 aliphatic heterocycles. The number of halogens is 3. The van der Waals surface area contributed by atoms with E-state index in [1.54, 1.807) is 18.2 Å². The van der Waals surface area contributed by atoms with Crippen molar-refractivity contribution >= 4 is 44.5 Å². The molecule has 3 aromatic carbocycles. The summed E-state index contributed by atoms with van der Waals surface area (Å²) in [5, 5.41) is 16.6. The Kier molecular flexibility index (Phi) is 9.84. The summed E-state index contributed by atoms with van der Waals surface area (Å²) < 4.78 is 61.0. The normalized spacial score (nSPS) is 13.0. The van der Waals surface area contributed by atoms with Gasteiger partial charge in [-0.05, 0) is 76.5 Å². The van der Waals surface area contributed by atoms with Crippen molar-refractivity contribution in [3.8, 4) is 0 Å². The lowest BCUT2D eigenvalue weighted by atomic mass is 10.0. The maximum atomic E-state index is 13.8. The van der Waals surface area contributed by atoms with Gasteiger partial charge < -0.3 is 20.2 Å². The van der Waals surface area contributed by atoms with Crippen LogP contribution in [0.2, 0.25) is 0 Å². The van der Waals surface area contributed by atoms with Crippen LogP contribution in [0, 0.1) is 15.2 Å². The third-order valence-electron chi connectivity index (χ3n) is 5.74. The molecular formula is C27H25F2IN4O5S. The Hall–Kier alpha value is -3.40. The maximum Gasteiger partial charge on any atom is 0.309 e. The third-order valence-corrected chi connectivity index (χ3v) is 7.75. The average molecular weight is 682 g/mol. The minimum atomic E-state index is -4.00. The van der Waals surface area contributed by atoms with E-state index in [0.717, 1.165) is 33.6 Å². The second kappa shape index (κ2) is 13.3. The SMILES string of the molecule is O=C(NC(Cc1cc(F)cc(F)c1)C(O)CNCc1cccc(I)c1)c1coc(NS(=O)(=O)c2ccccc2)n1. The number of aliphatic hydroxyl groups is 1. The Labute approximate surface area is 243 Å². The first-order valence-corrected chi connectivity index (χ1v) is 14.6. The topological polar surface area (TPSA) is 134 Å². The Bertz CT molecular complexity index is 1550. The zero-order valence-electron chi connectivity index (χ0n) is 20.9. The average Bonchev–Trinajstić information content (AvgIpc) is 3.36. The molecule has 4 aromatic rings. The van der Waals surface area contributed by atoms with Crippen LogP contribution < -0.4 is 15.4 Å². The van der Waals surface area contributed by atoms with Gasteiger partial charge in [-0.25, -0.2) is 21.9 Å². The van der Waals surface area contributed by atoms with Crippen molar-refractivity contribution in [1.29, 1.82) is 0 Å². The zero-order chi connectivity index (χ0) is 28.7. The number of anilines is 1. The van der Waals surface area contributed by atoms with E-state index in [1.807, 2.05) is 24.3 Å². The van der Waals surface area contributed by atoms with E-state index < -0.39 is 45.7 Å². The van der Waals surface area contributed by atoms with Crippen molar-refractivity contribution in [2.45, 2.75) is 30.0 Å². The maximum absolute atomic E-state index is 13.8. The van der Waals surface area contributed by atoms with Gasteiger partial charge in [-0.1, -0.05) is 30.3 Å². The molecule has 1 aromatic heterocycles. The molecule has 0 radical (unpaired) electrons. The van der Waals surface area contributed by atoms with Gasteiger partial charge in [-0.3, -0.25) is 4.79 Å². The van der Waals surface area contributed by atoms with Gasteiger partial charge in [0, 0.05) is 22.7 Å². The highest BCUT2D eigenvalue weighted by Crippen LogP contribution is 2.17. The molecule has 9 nitrogen and oxygen atoms in total. The largest absolute Gasteiger partial charge is 0.431 e. The number of sulfonamides is 1. The highest BCUT2D eigenvalue weighted by atomic mass is 127. The van der Waals surface area contributed by atoms with Crippen molar-refractivity contribution in [3.05, 3.63) is 111 Å². The van der Waals surface area contributed by atoms with E-state index >= 15 is 0 Å². The standard InChI is InChI=1S/C27H25F2IN4O5S/c28-19-9-18(10-20(29)13-19)12-23(25(35)15-31-14-17-5-4-6-21(30)11-17)32-26(36)24-16-39-27(33-24)34-40(37,38)22-7-2-1-3-8-22/h1-11,13,16,23,25,31,35H,12,14-15H2,(H,32,36)(H,33,34).